The van der Waals surface area contributed by atoms with Crippen molar-refractivity contribution in [2.24, 2.45) is 0 Å². The Bertz CT molecular complexity index is 900. The first-order valence-electron chi connectivity index (χ1n) is 8.23. The average molecular weight is 384 g/mol. The normalized spacial score (nSPS) is 10.3. The lowest BCUT2D eigenvalue weighted by Crippen LogP contribution is -2.14. The molecule has 1 N–H and O–H groups in total. The number of anilines is 1. The minimum absolute atomic E-state index is 0.156. The number of hydrogen-bond acceptors (Lipinski definition) is 6. The van der Waals surface area contributed by atoms with Crippen LogP contribution in [0.5, 0.6) is 17.2 Å². The van der Waals surface area contributed by atoms with Gasteiger partial charge >= 0.3 is 0 Å². The predicted molar refractivity (Wildman–Crippen MR) is 106 cm³/mol. The van der Waals surface area contributed by atoms with Crippen LogP contribution in [0, 0.1) is 0 Å². The largest absolute Gasteiger partial charge is 0.497 e. The minimum Gasteiger partial charge on any atom is -0.497 e. The van der Waals surface area contributed by atoms with E-state index in [1.165, 1.54) is 11.3 Å². The third kappa shape index (κ3) is 4.77. The summed E-state index contributed by atoms with van der Waals surface area (Å²) in [5, 5.41) is 5.61. The van der Waals surface area contributed by atoms with Crippen LogP contribution in [-0.4, -0.2) is 32.2 Å². The molecule has 0 radical (unpaired) electrons. The second-order valence-electron chi connectivity index (χ2n) is 5.70. The zero-order valence-electron chi connectivity index (χ0n) is 15.3. The maximum atomic E-state index is 12.4. The molecule has 0 aliphatic heterocycles. The van der Waals surface area contributed by atoms with Crippen LogP contribution in [0.2, 0.25) is 0 Å². The molecule has 0 saturated heterocycles. The van der Waals surface area contributed by atoms with Crippen LogP contribution < -0.4 is 19.5 Å². The van der Waals surface area contributed by atoms with Gasteiger partial charge in [0.05, 0.1) is 33.4 Å². The van der Waals surface area contributed by atoms with Crippen molar-refractivity contribution in [1.29, 1.82) is 0 Å². The molecular weight excluding hydrogens is 364 g/mol. The average Bonchev–Trinajstić information content (AvgIpc) is 3.15. The topological polar surface area (TPSA) is 69.7 Å². The van der Waals surface area contributed by atoms with Crippen molar-refractivity contribution in [2.45, 2.75) is 6.42 Å². The summed E-state index contributed by atoms with van der Waals surface area (Å²) >= 11 is 1.50. The Balaban J connectivity index is 1.67. The van der Waals surface area contributed by atoms with Gasteiger partial charge in [0.2, 0.25) is 5.91 Å². The van der Waals surface area contributed by atoms with Gasteiger partial charge in [-0.15, -0.1) is 11.3 Å². The van der Waals surface area contributed by atoms with E-state index in [2.05, 4.69) is 10.3 Å². The summed E-state index contributed by atoms with van der Waals surface area (Å²) < 4.78 is 15.6. The molecule has 7 heteroatoms. The van der Waals surface area contributed by atoms with E-state index < -0.39 is 0 Å². The molecule has 2 aromatic carbocycles. The van der Waals surface area contributed by atoms with Crippen molar-refractivity contribution >= 4 is 22.9 Å². The number of rotatable bonds is 7. The Kier molecular flexibility index (Phi) is 5.93. The number of aromatic nitrogens is 1. The van der Waals surface area contributed by atoms with Crippen LogP contribution in [0.25, 0.3) is 10.6 Å². The zero-order valence-corrected chi connectivity index (χ0v) is 16.1. The van der Waals surface area contributed by atoms with Crippen LogP contribution in [0.4, 0.5) is 5.69 Å². The lowest BCUT2D eigenvalue weighted by atomic mass is 10.2. The fraction of sp³-hybridized carbons (Fsp3) is 0.200. The number of carbonyl (C=O) groups is 1. The van der Waals surface area contributed by atoms with Gasteiger partial charge in [0.15, 0.2) is 0 Å². The van der Waals surface area contributed by atoms with E-state index in [9.17, 15) is 4.79 Å². The van der Waals surface area contributed by atoms with E-state index in [1.54, 1.807) is 39.5 Å². The third-order valence-electron chi connectivity index (χ3n) is 3.87. The quantitative estimate of drug-likeness (QED) is 0.666. The molecule has 1 aromatic heterocycles. The summed E-state index contributed by atoms with van der Waals surface area (Å²) in [6.45, 7) is 0. The molecule has 3 aromatic rings. The number of methoxy groups -OCH3 is 3. The smallest absolute Gasteiger partial charge is 0.230 e. The van der Waals surface area contributed by atoms with Crippen LogP contribution >= 0.6 is 11.3 Å². The molecule has 6 nitrogen and oxygen atoms in total. The first kappa shape index (κ1) is 18.7. The summed E-state index contributed by atoms with van der Waals surface area (Å²) in [5.74, 6) is 1.86. The highest BCUT2D eigenvalue weighted by molar-refractivity contribution is 7.13. The Morgan fingerprint density at radius 3 is 2.19 bits per heavy atom. The second kappa shape index (κ2) is 8.55. The number of benzene rings is 2. The molecular formula is C20H20N2O4S. The summed E-state index contributed by atoms with van der Waals surface area (Å²) in [6.07, 6.45) is 0.187. The van der Waals surface area contributed by atoms with Crippen molar-refractivity contribution < 1.29 is 19.0 Å². The van der Waals surface area contributed by atoms with Crippen molar-refractivity contribution in [3.05, 3.63) is 53.5 Å². The van der Waals surface area contributed by atoms with E-state index >= 15 is 0 Å². The van der Waals surface area contributed by atoms with Gasteiger partial charge < -0.3 is 19.5 Å². The number of amides is 1. The Labute approximate surface area is 161 Å². The molecule has 0 saturated carbocycles. The standard InChI is InChI=1S/C20H20N2O4S/c1-24-16-6-4-13(5-7-16)20-22-15(12-27-20)10-19(23)21-14-8-17(25-2)11-18(9-14)26-3/h4-9,11-12H,10H2,1-3H3,(H,21,23). The molecule has 0 atom stereocenters. The van der Waals surface area contributed by atoms with Crippen LogP contribution in [0.1, 0.15) is 5.69 Å². The van der Waals surface area contributed by atoms with E-state index in [4.69, 9.17) is 14.2 Å². The van der Waals surface area contributed by atoms with E-state index in [0.717, 1.165) is 22.0 Å². The maximum absolute atomic E-state index is 12.4. The molecule has 3 rings (SSSR count). The van der Waals surface area contributed by atoms with Crippen LogP contribution in [-0.2, 0) is 11.2 Å². The summed E-state index contributed by atoms with van der Waals surface area (Å²) in [7, 11) is 4.76. The van der Waals surface area contributed by atoms with E-state index in [0.29, 0.717) is 17.2 Å². The molecule has 1 heterocycles. The van der Waals surface area contributed by atoms with Crippen molar-refractivity contribution in [1.82, 2.24) is 4.98 Å². The fourth-order valence-electron chi connectivity index (χ4n) is 2.50. The molecule has 0 spiro atoms. The first-order valence-corrected chi connectivity index (χ1v) is 9.11. The minimum atomic E-state index is -0.156. The van der Waals surface area contributed by atoms with Crippen LogP contribution in [0.3, 0.4) is 0 Å². The molecule has 140 valence electrons. The lowest BCUT2D eigenvalue weighted by Gasteiger charge is -2.09. The van der Waals surface area contributed by atoms with Gasteiger partial charge in [-0.25, -0.2) is 4.98 Å². The van der Waals surface area contributed by atoms with Gasteiger partial charge in [-0.05, 0) is 24.3 Å². The van der Waals surface area contributed by atoms with Gasteiger partial charge in [0.25, 0.3) is 0 Å². The summed E-state index contributed by atoms with van der Waals surface area (Å²) in [4.78, 5) is 16.9. The van der Waals surface area contributed by atoms with Gasteiger partial charge in [-0.2, -0.15) is 0 Å². The van der Waals surface area contributed by atoms with Crippen LogP contribution in [0.15, 0.2) is 47.8 Å². The maximum Gasteiger partial charge on any atom is 0.230 e. The van der Waals surface area contributed by atoms with E-state index in [1.807, 2.05) is 29.6 Å². The number of hydrogen-bond donors (Lipinski definition) is 1. The number of thiazole rings is 1. The van der Waals surface area contributed by atoms with Crippen molar-refractivity contribution in [3.8, 4) is 27.8 Å². The third-order valence-corrected chi connectivity index (χ3v) is 4.81. The Morgan fingerprint density at radius 2 is 1.59 bits per heavy atom. The lowest BCUT2D eigenvalue weighted by molar-refractivity contribution is -0.115. The Morgan fingerprint density at radius 1 is 0.963 bits per heavy atom. The van der Waals surface area contributed by atoms with Crippen molar-refractivity contribution in [3.63, 3.8) is 0 Å². The first-order chi connectivity index (χ1) is 13.1. The van der Waals surface area contributed by atoms with Gasteiger partial charge in [0.1, 0.15) is 22.3 Å². The molecule has 0 aliphatic carbocycles. The molecule has 1 amide bonds. The number of nitrogens with zero attached hydrogens (tertiary/aromatic N) is 1. The predicted octanol–water partition coefficient (Wildman–Crippen LogP) is 4.02. The zero-order chi connectivity index (χ0) is 19.2. The summed E-state index contributed by atoms with van der Waals surface area (Å²) in [5.41, 5.74) is 2.32. The molecule has 0 aliphatic rings. The molecule has 27 heavy (non-hydrogen) atoms. The molecule has 0 bridgehead atoms. The van der Waals surface area contributed by atoms with Gasteiger partial charge in [0, 0.05) is 34.8 Å². The SMILES string of the molecule is COc1ccc(-c2nc(CC(=O)Nc3cc(OC)cc(OC)c3)cs2)cc1. The molecule has 0 fully saturated rings. The van der Waals surface area contributed by atoms with E-state index in [-0.39, 0.29) is 12.3 Å². The highest BCUT2D eigenvalue weighted by Crippen LogP contribution is 2.27. The highest BCUT2D eigenvalue weighted by atomic mass is 32.1. The number of nitrogens with one attached hydrogen (secondary N) is 1. The Hall–Kier alpha value is -3.06. The second-order valence-corrected chi connectivity index (χ2v) is 6.56. The fourth-order valence-corrected chi connectivity index (χ4v) is 3.33. The van der Waals surface area contributed by atoms with Gasteiger partial charge in [-0.1, -0.05) is 0 Å². The number of ether oxygens (including phenoxy) is 3. The van der Waals surface area contributed by atoms with Crippen molar-refractivity contribution in [2.75, 3.05) is 26.6 Å². The van der Waals surface area contributed by atoms with Gasteiger partial charge in [-0.3, -0.25) is 4.79 Å². The summed E-state index contributed by atoms with van der Waals surface area (Å²) in [6, 6.07) is 12.9. The highest BCUT2D eigenvalue weighted by Gasteiger charge is 2.11. The monoisotopic (exact) mass is 384 g/mol. The number of carbonyl (C=O) groups excluding carboxylic acids is 1. The molecule has 0 unspecified atom stereocenters.